The summed E-state index contributed by atoms with van der Waals surface area (Å²) in [7, 11) is 5.93. The zero-order chi connectivity index (χ0) is 92.6. The Bertz CT molecular complexity index is 4670. The number of rotatable bonds is 24. The fourth-order valence-electron chi connectivity index (χ4n) is 16.0. The molecule has 3 saturated heterocycles. The maximum Gasteiger partial charge on any atom is 0.414 e. The first-order chi connectivity index (χ1) is 62.1. The Kier molecular flexibility index (Phi) is 39.1. The van der Waals surface area contributed by atoms with Gasteiger partial charge in [0.05, 0.1) is 101 Å². The van der Waals surface area contributed by atoms with E-state index in [-0.39, 0.29) is 191 Å². The molecule has 6 N–H and O–H groups in total. The summed E-state index contributed by atoms with van der Waals surface area (Å²) in [6, 6.07) is 11.6. The second-order valence-corrected chi connectivity index (χ2v) is 35.7. The number of thioether (sulfide) groups is 2. The van der Waals surface area contributed by atoms with Crippen LogP contribution in [-0.2, 0) is 89.6 Å². The molecule has 9 unspecified atom stereocenters. The van der Waals surface area contributed by atoms with E-state index >= 15 is 9.59 Å². The minimum atomic E-state index is -1.77. The van der Waals surface area contributed by atoms with Crippen LogP contribution in [0.4, 0.5) is 32.3 Å². The second kappa shape index (κ2) is 50.3. The van der Waals surface area contributed by atoms with Crippen LogP contribution in [0.2, 0.25) is 0 Å². The quantitative estimate of drug-likeness (QED) is 0.0280. The summed E-state index contributed by atoms with van der Waals surface area (Å²) in [5, 5.41) is 17.3. The van der Waals surface area contributed by atoms with Gasteiger partial charge in [-0.05, 0) is 112 Å². The molecule has 129 heavy (non-hydrogen) atoms. The van der Waals surface area contributed by atoms with Crippen LogP contribution in [0.1, 0.15) is 175 Å². The molecule has 700 valence electrons. The lowest BCUT2D eigenvalue weighted by Crippen LogP contribution is -2.60. The highest BCUT2D eigenvalue weighted by molar-refractivity contribution is 8.16. The van der Waals surface area contributed by atoms with Gasteiger partial charge in [-0.2, -0.15) is 23.5 Å². The topological polar surface area (TPSA) is 416 Å². The third-order valence-corrected chi connectivity index (χ3v) is 25.5. The van der Waals surface area contributed by atoms with E-state index in [2.05, 4.69) is 45.1 Å². The minimum absolute atomic E-state index is 0.0496. The van der Waals surface area contributed by atoms with Crippen molar-refractivity contribution in [2.24, 2.45) is 11.8 Å². The van der Waals surface area contributed by atoms with E-state index in [1.54, 1.807) is 82.6 Å². The molecule has 13 rings (SSSR count). The number of carbonyl (C=O) groups is 14. The van der Waals surface area contributed by atoms with Crippen molar-refractivity contribution in [2.75, 3.05) is 138 Å². The zero-order valence-corrected chi connectivity index (χ0v) is 76.3. The van der Waals surface area contributed by atoms with E-state index in [1.807, 2.05) is 6.92 Å². The van der Waals surface area contributed by atoms with Gasteiger partial charge in [0.15, 0.2) is 46.1 Å². The highest BCUT2D eigenvalue weighted by atomic mass is 32.2. The summed E-state index contributed by atoms with van der Waals surface area (Å²) in [6.07, 6.45) is 2.42. The van der Waals surface area contributed by atoms with Gasteiger partial charge in [0.2, 0.25) is 35.4 Å². The molecule has 9 aliphatic rings. The fraction of sp³-hybridized carbons (Fsp3) is 0.548. The molecular weight excluding hydrogens is 1710 g/mol. The predicted octanol–water partition coefficient (Wildman–Crippen LogP) is 10.2. The number of nitrogens with zero attached hydrogens (tertiary/aromatic N) is 4. The van der Waals surface area contributed by atoms with Gasteiger partial charge in [0.1, 0.15) is 50.6 Å². The van der Waals surface area contributed by atoms with Crippen LogP contribution in [0.5, 0.6) is 23.0 Å². The molecule has 0 aromatic heterocycles. The van der Waals surface area contributed by atoms with E-state index in [0.717, 1.165) is 11.1 Å². The van der Waals surface area contributed by atoms with Crippen molar-refractivity contribution in [3.05, 3.63) is 119 Å². The van der Waals surface area contributed by atoms with E-state index in [4.69, 9.17) is 47.4 Å². The van der Waals surface area contributed by atoms with Gasteiger partial charge in [0.25, 0.3) is 11.8 Å². The van der Waals surface area contributed by atoms with Crippen molar-refractivity contribution in [3.63, 3.8) is 0 Å². The first kappa shape index (κ1) is 100. The number of ketones is 4. The molecule has 4 aromatic carbocycles. The number of methoxy groups -OCH3 is 4. The molecule has 4 aromatic rings. The molecule has 0 radical (unpaired) electrons. The average Bonchev–Trinajstić information content (AvgIpc) is 1.61. The summed E-state index contributed by atoms with van der Waals surface area (Å²) in [6.45, 7) is 14.4. The highest BCUT2D eigenvalue weighted by Gasteiger charge is 2.47. The Morgan fingerprint density at radius 2 is 0.953 bits per heavy atom. The Labute approximate surface area is 760 Å². The Morgan fingerprint density at radius 1 is 0.496 bits per heavy atom. The monoisotopic (exact) mass is 1830 g/mol. The van der Waals surface area contributed by atoms with Gasteiger partial charge in [0, 0.05) is 118 Å². The van der Waals surface area contributed by atoms with Crippen molar-refractivity contribution in [1.82, 2.24) is 31.1 Å². The summed E-state index contributed by atoms with van der Waals surface area (Å²) in [4.78, 5) is 207. The predicted molar refractivity (Wildman–Crippen MR) is 484 cm³/mol. The smallest absolute Gasteiger partial charge is 0.414 e. The van der Waals surface area contributed by atoms with Gasteiger partial charge >= 0.3 is 12.2 Å². The van der Waals surface area contributed by atoms with E-state index in [9.17, 15) is 57.5 Å². The molecule has 9 heterocycles. The van der Waals surface area contributed by atoms with Crippen LogP contribution in [0.25, 0.3) is 0 Å². The lowest BCUT2D eigenvalue weighted by Gasteiger charge is -2.33. The number of nitrogens with one attached hydrogen (secondary N) is 6. The van der Waals surface area contributed by atoms with E-state index in [0.29, 0.717) is 112 Å². The first-order valence-corrected chi connectivity index (χ1v) is 46.4. The number of unbranched alkanes of at least 4 members (excludes halogenated alkanes) is 4. The van der Waals surface area contributed by atoms with Crippen LogP contribution < -0.4 is 60.6 Å². The molecule has 0 saturated carbocycles. The van der Waals surface area contributed by atoms with E-state index in [1.165, 1.54) is 75.6 Å². The largest absolute Gasteiger partial charge is 0.493 e. The van der Waals surface area contributed by atoms with Crippen molar-refractivity contribution in [1.29, 1.82) is 0 Å². The van der Waals surface area contributed by atoms with Gasteiger partial charge in [-0.15, -0.1) is 0 Å². The van der Waals surface area contributed by atoms with Gasteiger partial charge < -0.3 is 89.1 Å². The number of Topliss-reactive ketones (excluding diaryl/α,β-unsaturated/α-hetero) is 4. The number of fused-ring (bicyclic) bond motifs is 2. The standard InChI is InChI=1S/C93H122N10O24S2/c1-57-41-66-51-102-74-47-80(78(120-8)45-69(74)90(114)100(66)49-57)124-33-17-12-18-34-125-81-48-75-70(46-79(81)121-9)91(115)101-50-58(2)42-73(101)61(5)103(75)93(117)127-53-63-25-29-65(30-26-63)95-89(113)72(22-16-11-14-20-68(105)55-123-38-36-119-7)97-87(111)60(4)44-77(107)85-84(98-82(108)31-39-128-56-129-40-32-83(109)99-85)76(106)43-59(3)86(110)96-71(21-15-10-13-19-67(104)54-122-37-35-118-6)88(112)94-64-27-23-62(24-28-64)52-126-92(102)116/h23-30,45-48,59-61,66,71-73,84-85H,1-2,10-22,31-44,49-56H2,3-9H3,(H,94,112)(H,95,113)(H,96,110)(H,97,111)(H,98,108)(H,99,109). The molecule has 34 nitrogen and oxygen atoms in total. The van der Waals surface area contributed by atoms with Crippen molar-refractivity contribution >= 4 is 129 Å². The summed E-state index contributed by atoms with van der Waals surface area (Å²) >= 11 is 2.87. The van der Waals surface area contributed by atoms with Crippen molar-refractivity contribution in [3.8, 4) is 23.0 Å². The lowest BCUT2D eigenvalue weighted by atomic mass is 9.89. The Hall–Kier alpha value is -10.9. The Morgan fingerprint density at radius 3 is 1.44 bits per heavy atom. The third kappa shape index (κ3) is 29.0. The first-order valence-electron chi connectivity index (χ1n) is 44.1. The maximum atomic E-state index is 15.1. The average molecular weight is 1830 g/mol. The molecule has 8 bridgehead atoms. The number of carbonyl (C=O) groups excluding carboxylic acids is 14. The number of ether oxygens (including phenoxy) is 10. The SMILES string of the molecule is C=C1CC2CN3C(=O)OCc4ccc(cc4)NC(=O)C(CCCCCC(=O)COCCOC)NC(=O)C(C)CC(=O)C4NC(=O)CCSCSCCC(=O)NC4C(=O)CC(C)C(=O)NC(CCCCCC(=O)COCCOC)C(=O)Nc4ccc(cc4)COC(=O)N4c5cc(c(OC)cc5C(=O)N5CC(=C)CC5C4C)OCCCCCOc4cc3c(cc4OC)C(=O)N2C1. The van der Waals surface area contributed by atoms with E-state index < -0.39 is 126 Å². The summed E-state index contributed by atoms with van der Waals surface area (Å²) < 4.78 is 57.4. The highest BCUT2D eigenvalue weighted by Crippen LogP contribution is 2.44. The van der Waals surface area contributed by atoms with Crippen LogP contribution >= 0.6 is 23.5 Å². The van der Waals surface area contributed by atoms with Gasteiger partial charge in [-0.1, -0.05) is 88.1 Å². The van der Waals surface area contributed by atoms with Crippen LogP contribution in [0.15, 0.2) is 97.1 Å². The van der Waals surface area contributed by atoms with Crippen LogP contribution in [-0.4, -0.2) is 252 Å². The second-order valence-electron chi connectivity index (χ2n) is 33.2. The van der Waals surface area contributed by atoms with Crippen LogP contribution in [0, 0.1) is 11.8 Å². The molecule has 3 fully saturated rings. The normalized spacial score (nSPS) is 22.8. The molecular formula is C93H122N10O24S2. The zero-order valence-electron chi connectivity index (χ0n) is 74.7. The number of benzene rings is 4. The molecule has 36 heteroatoms. The van der Waals surface area contributed by atoms with Gasteiger partial charge in [-0.25, -0.2) is 9.59 Å². The summed E-state index contributed by atoms with van der Waals surface area (Å²) in [5.41, 5.74) is 4.00. The third-order valence-electron chi connectivity index (χ3n) is 23.2. The fourth-order valence-corrected chi connectivity index (χ4v) is 18.1. The number of amides is 10. The van der Waals surface area contributed by atoms with Crippen LogP contribution in [0.3, 0.4) is 0 Å². The molecule has 9 aliphatic heterocycles. The van der Waals surface area contributed by atoms with Gasteiger partial charge in [-0.3, -0.25) is 67.3 Å². The number of hydrogen-bond donors (Lipinski definition) is 6. The molecule has 0 spiro atoms. The summed E-state index contributed by atoms with van der Waals surface area (Å²) in [5.74, 6) is -7.60. The Balaban J connectivity index is 0.937. The molecule has 0 aliphatic carbocycles. The molecule has 10 amide bonds. The maximum absolute atomic E-state index is 15.1. The molecule has 9 atom stereocenters. The minimum Gasteiger partial charge on any atom is -0.493 e. The number of anilines is 4. The van der Waals surface area contributed by atoms with Crippen molar-refractivity contribution < 1.29 is 114 Å². The lowest BCUT2D eigenvalue weighted by molar-refractivity contribution is -0.137. The number of hydrogen-bond acceptors (Lipinski definition) is 26. The van der Waals surface area contributed by atoms with Crippen molar-refractivity contribution in [2.45, 2.75) is 198 Å².